The smallest absolute Gasteiger partial charge is 0.272 e. The Morgan fingerprint density at radius 3 is 3.00 bits per heavy atom. The lowest BCUT2D eigenvalue weighted by molar-refractivity contribution is 0.0684. The molecule has 0 bridgehead atoms. The third kappa shape index (κ3) is 2.31. The second kappa shape index (κ2) is 5.19. The van der Waals surface area contributed by atoms with Crippen LogP contribution in [0.15, 0.2) is 18.2 Å². The summed E-state index contributed by atoms with van der Waals surface area (Å²) in [6.07, 6.45) is 6.22. The van der Waals surface area contributed by atoms with Crippen LogP contribution < -0.4 is 5.32 Å². The van der Waals surface area contributed by atoms with E-state index in [1.807, 2.05) is 25.2 Å². The van der Waals surface area contributed by atoms with Crippen molar-refractivity contribution in [3.05, 3.63) is 23.9 Å². The van der Waals surface area contributed by atoms with Gasteiger partial charge in [-0.15, -0.1) is 0 Å². The van der Waals surface area contributed by atoms with Crippen LogP contribution in [0.2, 0.25) is 0 Å². The van der Waals surface area contributed by atoms with Gasteiger partial charge in [-0.3, -0.25) is 4.79 Å². The van der Waals surface area contributed by atoms with Crippen molar-refractivity contribution >= 4 is 11.7 Å². The monoisotopic (exact) mass is 259 g/mol. The van der Waals surface area contributed by atoms with Crippen LogP contribution in [-0.2, 0) is 0 Å². The van der Waals surface area contributed by atoms with E-state index in [4.69, 9.17) is 0 Å². The molecule has 1 aliphatic heterocycles. The number of carbonyl (C=O) groups is 1. The minimum atomic E-state index is 0.103. The Morgan fingerprint density at radius 1 is 1.32 bits per heavy atom. The Balaban J connectivity index is 1.79. The van der Waals surface area contributed by atoms with Gasteiger partial charge in [-0.2, -0.15) is 0 Å². The van der Waals surface area contributed by atoms with Gasteiger partial charge in [0.1, 0.15) is 11.5 Å². The topological polar surface area (TPSA) is 45.2 Å². The lowest BCUT2D eigenvalue weighted by atomic mass is 9.85. The quantitative estimate of drug-likeness (QED) is 0.887. The van der Waals surface area contributed by atoms with Gasteiger partial charge in [0.15, 0.2) is 0 Å². The van der Waals surface area contributed by atoms with Crippen LogP contribution in [0.5, 0.6) is 0 Å². The fourth-order valence-electron chi connectivity index (χ4n) is 3.50. The summed E-state index contributed by atoms with van der Waals surface area (Å²) in [6, 6.07) is 6.05. The second-order valence-corrected chi connectivity index (χ2v) is 5.56. The van der Waals surface area contributed by atoms with Crippen LogP contribution in [0, 0.1) is 5.92 Å². The number of carbonyl (C=O) groups excluding carboxylic acids is 1. The number of nitrogens with one attached hydrogen (secondary N) is 1. The van der Waals surface area contributed by atoms with Crippen molar-refractivity contribution in [1.29, 1.82) is 0 Å². The van der Waals surface area contributed by atoms with Crippen molar-refractivity contribution in [2.75, 3.05) is 18.9 Å². The molecule has 1 saturated carbocycles. The molecule has 102 valence electrons. The van der Waals surface area contributed by atoms with Crippen LogP contribution in [0.25, 0.3) is 0 Å². The third-order valence-corrected chi connectivity index (χ3v) is 4.50. The molecule has 4 heteroatoms. The third-order valence-electron chi connectivity index (χ3n) is 4.50. The van der Waals surface area contributed by atoms with E-state index in [1.54, 1.807) is 0 Å². The van der Waals surface area contributed by atoms with E-state index in [2.05, 4.69) is 15.2 Å². The summed E-state index contributed by atoms with van der Waals surface area (Å²) in [7, 11) is 1.82. The molecule has 4 nitrogen and oxygen atoms in total. The molecule has 1 N–H and O–H groups in total. The highest BCUT2D eigenvalue weighted by atomic mass is 16.2. The van der Waals surface area contributed by atoms with Crippen molar-refractivity contribution in [3.63, 3.8) is 0 Å². The summed E-state index contributed by atoms with van der Waals surface area (Å²) < 4.78 is 0. The van der Waals surface area contributed by atoms with Crippen LogP contribution in [0.4, 0.5) is 5.82 Å². The first-order chi connectivity index (χ1) is 9.29. The molecule has 2 aliphatic rings. The Kier molecular flexibility index (Phi) is 3.40. The van der Waals surface area contributed by atoms with E-state index in [0.29, 0.717) is 11.7 Å². The van der Waals surface area contributed by atoms with E-state index in [-0.39, 0.29) is 5.91 Å². The number of aromatic nitrogens is 1. The van der Waals surface area contributed by atoms with Gasteiger partial charge in [0, 0.05) is 19.6 Å². The average molecular weight is 259 g/mol. The lowest BCUT2D eigenvalue weighted by Gasteiger charge is -2.31. The van der Waals surface area contributed by atoms with Crippen LogP contribution in [0.1, 0.15) is 42.6 Å². The highest BCUT2D eigenvalue weighted by Crippen LogP contribution is 2.36. The molecule has 0 spiro atoms. The number of hydrogen-bond acceptors (Lipinski definition) is 3. The van der Waals surface area contributed by atoms with E-state index in [1.165, 1.54) is 32.1 Å². The number of nitrogens with zero attached hydrogens (tertiary/aromatic N) is 2. The van der Waals surface area contributed by atoms with Crippen LogP contribution in [-0.4, -0.2) is 35.4 Å². The van der Waals surface area contributed by atoms with Gasteiger partial charge >= 0.3 is 0 Å². The number of rotatable bonds is 2. The van der Waals surface area contributed by atoms with Gasteiger partial charge < -0.3 is 10.2 Å². The average Bonchev–Trinajstić information content (AvgIpc) is 2.90. The zero-order valence-electron chi connectivity index (χ0n) is 11.4. The molecule has 1 saturated heterocycles. The molecule has 3 rings (SSSR count). The van der Waals surface area contributed by atoms with Gasteiger partial charge in [0.05, 0.1) is 0 Å². The van der Waals surface area contributed by atoms with Gasteiger partial charge in [-0.1, -0.05) is 18.9 Å². The van der Waals surface area contributed by atoms with Gasteiger partial charge in [0.25, 0.3) is 5.91 Å². The largest absolute Gasteiger partial charge is 0.373 e. The maximum atomic E-state index is 12.6. The standard InChI is InChI=1S/C15H21N3O/c1-16-14-8-4-6-12(17-14)15(19)18-10-9-11-5-2-3-7-13(11)18/h4,6,8,11,13H,2-3,5,7,9-10H2,1H3,(H,16,17). The van der Waals surface area contributed by atoms with E-state index in [0.717, 1.165) is 18.3 Å². The fourth-order valence-corrected chi connectivity index (χ4v) is 3.50. The van der Waals surface area contributed by atoms with E-state index in [9.17, 15) is 4.79 Å². The summed E-state index contributed by atoms with van der Waals surface area (Å²) in [5, 5.41) is 2.99. The van der Waals surface area contributed by atoms with Crippen molar-refractivity contribution in [3.8, 4) is 0 Å². The normalized spacial score (nSPS) is 26.1. The minimum Gasteiger partial charge on any atom is -0.373 e. The Morgan fingerprint density at radius 2 is 2.16 bits per heavy atom. The van der Waals surface area contributed by atoms with Gasteiger partial charge in [-0.25, -0.2) is 4.98 Å². The number of likely N-dealkylation sites (tertiary alicyclic amines) is 1. The fraction of sp³-hybridized carbons (Fsp3) is 0.600. The molecule has 1 aliphatic carbocycles. The SMILES string of the molecule is CNc1cccc(C(=O)N2CCC3CCCCC32)n1. The Labute approximate surface area is 114 Å². The highest BCUT2D eigenvalue weighted by molar-refractivity contribution is 5.93. The number of hydrogen-bond donors (Lipinski definition) is 1. The molecular weight excluding hydrogens is 238 g/mol. The summed E-state index contributed by atoms with van der Waals surface area (Å²) in [4.78, 5) is 19.0. The van der Waals surface area contributed by atoms with Crippen LogP contribution >= 0.6 is 0 Å². The van der Waals surface area contributed by atoms with Crippen molar-refractivity contribution in [2.24, 2.45) is 5.92 Å². The number of amides is 1. The summed E-state index contributed by atoms with van der Waals surface area (Å²) >= 11 is 0. The summed E-state index contributed by atoms with van der Waals surface area (Å²) in [6.45, 7) is 0.902. The predicted octanol–water partition coefficient (Wildman–Crippen LogP) is 2.53. The van der Waals surface area contributed by atoms with Gasteiger partial charge in [0.2, 0.25) is 0 Å². The lowest BCUT2D eigenvalue weighted by Crippen LogP contribution is -2.39. The Hall–Kier alpha value is -1.58. The maximum Gasteiger partial charge on any atom is 0.272 e. The number of pyridine rings is 1. The molecule has 1 aromatic heterocycles. The first kappa shape index (κ1) is 12.5. The molecule has 2 atom stereocenters. The molecule has 2 unspecified atom stereocenters. The van der Waals surface area contributed by atoms with E-state index < -0.39 is 0 Å². The second-order valence-electron chi connectivity index (χ2n) is 5.56. The van der Waals surface area contributed by atoms with Gasteiger partial charge in [-0.05, 0) is 37.3 Å². The molecule has 19 heavy (non-hydrogen) atoms. The zero-order chi connectivity index (χ0) is 13.2. The number of fused-ring (bicyclic) bond motifs is 1. The molecule has 1 aromatic rings. The highest BCUT2D eigenvalue weighted by Gasteiger charge is 2.38. The molecular formula is C15H21N3O. The van der Waals surface area contributed by atoms with Crippen molar-refractivity contribution < 1.29 is 4.79 Å². The molecule has 2 heterocycles. The molecule has 0 radical (unpaired) electrons. The number of anilines is 1. The van der Waals surface area contributed by atoms with Crippen molar-refractivity contribution in [1.82, 2.24) is 9.88 Å². The maximum absolute atomic E-state index is 12.6. The van der Waals surface area contributed by atoms with Crippen molar-refractivity contribution in [2.45, 2.75) is 38.1 Å². The minimum absolute atomic E-state index is 0.103. The first-order valence-corrected chi connectivity index (χ1v) is 7.25. The zero-order valence-corrected chi connectivity index (χ0v) is 11.4. The first-order valence-electron chi connectivity index (χ1n) is 7.25. The van der Waals surface area contributed by atoms with Crippen LogP contribution in [0.3, 0.4) is 0 Å². The summed E-state index contributed by atoms with van der Waals surface area (Å²) in [5.41, 5.74) is 0.568. The molecule has 1 amide bonds. The molecule has 2 fully saturated rings. The Bertz CT molecular complexity index is 474. The van der Waals surface area contributed by atoms with E-state index >= 15 is 0 Å². The molecule has 0 aromatic carbocycles. The summed E-state index contributed by atoms with van der Waals surface area (Å²) in [5.74, 6) is 1.59. The predicted molar refractivity (Wildman–Crippen MR) is 75.2 cm³/mol.